The van der Waals surface area contributed by atoms with Gasteiger partial charge in [-0.1, -0.05) is 12.1 Å². The average molecular weight is 343 g/mol. The van der Waals surface area contributed by atoms with Gasteiger partial charge in [-0.05, 0) is 37.2 Å². The third-order valence-corrected chi connectivity index (χ3v) is 4.05. The number of hydrogen-bond donors (Lipinski definition) is 1. The van der Waals surface area contributed by atoms with Crippen LogP contribution < -0.4 is 29.0 Å². The van der Waals surface area contributed by atoms with Gasteiger partial charge in [0, 0.05) is 12.6 Å². The summed E-state index contributed by atoms with van der Waals surface area (Å²) in [5.41, 5.74) is 0. The van der Waals surface area contributed by atoms with Crippen molar-refractivity contribution in [2.45, 2.75) is 12.5 Å². The van der Waals surface area contributed by atoms with Crippen LogP contribution in [0, 0.1) is 0 Å². The van der Waals surface area contributed by atoms with Crippen LogP contribution in [0.3, 0.4) is 0 Å². The minimum absolute atomic E-state index is 0.0321. The van der Waals surface area contributed by atoms with Crippen LogP contribution in [0.4, 0.5) is 0 Å². The normalized spacial score (nSPS) is 17.4. The van der Waals surface area contributed by atoms with Crippen LogP contribution in [0.1, 0.15) is 6.42 Å². The number of para-hydroxylation sites is 2. The minimum Gasteiger partial charge on any atom is -0.493 e. The molecule has 0 bridgehead atoms. The molecule has 0 amide bonds. The summed E-state index contributed by atoms with van der Waals surface area (Å²) in [4.78, 5) is 0. The Morgan fingerprint density at radius 3 is 2.76 bits per heavy atom. The Morgan fingerprint density at radius 2 is 1.80 bits per heavy atom. The molecule has 2 aliphatic rings. The summed E-state index contributed by atoms with van der Waals surface area (Å²) >= 11 is 0. The molecule has 2 aromatic rings. The largest absolute Gasteiger partial charge is 0.493 e. The second-order valence-electron chi connectivity index (χ2n) is 5.92. The fraction of sp³-hybridized carbons (Fsp3) is 0.368. The van der Waals surface area contributed by atoms with Gasteiger partial charge in [0.1, 0.15) is 18.5 Å². The van der Waals surface area contributed by atoms with E-state index in [0.29, 0.717) is 13.2 Å². The monoisotopic (exact) mass is 343 g/mol. The standard InChI is InChI=1S/C19H21NO5/c1-2-5-18-16(4-1)22-12-15(25-18)11-20-8-3-9-21-14-6-7-17-19(10-14)24-13-23-17/h1-2,4-7,10,15,20H,3,8-9,11-13H2. The highest BCUT2D eigenvalue weighted by Crippen LogP contribution is 2.35. The number of benzene rings is 2. The molecule has 2 aromatic carbocycles. The van der Waals surface area contributed by atoms with Crippen molar-refractivity contribution in [3.05, 3.63) is 42.5 Å². The highest BCUT2D eigenvalue weighted by Gasteiger charge is 2.19. The zero-order valence-corrected chi connectivity index (χ0v) is 13.9. The molecule has 25 heavy (non-hydrogen) atoms. The van der Waals surface area contributed by atoms with Gasteiger partial charge in [-0.25, -0.2) is 0 Å². The Hall–Kier alpha value is -2.60. The second kappa shape index (κ2) is 7.53. The molecule has 0 spiro atoms. The maximum absolute atomic E-state index is 5.91. The van der Waals surface area contributed by atoms with Crippen LogP contribution in [-0.2, 0) is 0 Å². The first-order valence-electron chi connectivity index (χ1n) is 8.50. The summed E-state index contributed by atoms with van der Waals surface area (Å²) in [6.07, 6.45) is 0.934. The Morgan fingerprint density at radius 1 is 0.960 bits per heavy atom. The Kier molecular flexibility index (Phi) is 4.79. The summed E-state index contributed by atoms with van der Waals surface area (Å²) in [5.74, 6) is 3.93. The van der Waals surface area contributed by atoms with E-state index in [4.69, 9.17) is 23.7 Å². The van der Waals surface area contributed by atoms with Crippen molar-refractivity contribution in [1.29, 1.82) is 0 Å². The molecule has 2 aliphatic heterocycles. The first kappa shape index (κ1) is 15.9. The van der Waals surface area contributed by atoms with Gasteiger partial charge < -0.3 is 29.0 Å². The lowest BCUT2D eigenvalue weighted by Crippen LogP contribution is -2.39. The van der Waals surface area contributed by atoms with E-state index >= 15 is 0 Å². The van der Waals surface area contributed by atoms with E-state index < -0.39 is 0 Å². The lowest BCUT2D eigenvalue weighted by molar-refractivity contribution is 0.0902. The van der Waals surface area contributed by atoms with Crippen LogP contribution >= 0.6 is 0 Å². The van der Waals surface area contributed by atoms with Crippen molar-refractivity contribution < 1.29 is 23.7 Å². The van der Waals surface area contributed by atoms with Crippen molar-refractivity contribution in [2.24, 2.45) is 0 Å². The predicted molar refractivity (Wildman–Crippen MR) is 91.9 cm³/mol. The number of hydrogen-bond acceptors (Lipinski definition) is 6. The zero-order chi connectivity index (χ0) is 16.9. The highest BCUT2D eigenvalue weighted by molar-refractivity contribution is 5.46. The molecule has 132 valence electrons. The molecule has 1 unspecified atom stereocenters. The molecular weight excluding hydrogens is 322 g/mol. The lowest BCUT2D eigenvalue weighted by Gasteiger charge is -2.26. The van der Waals surface area contributed by atoms with Gasteiger partial charge in [0.2, 0.25) is 6.79 Å². The summed E-state index contributed by atoms with van der Waals surface area (Å²) in [7, 11) is 0. The van der Waals surface area contributed by atoms with Crippen molar-refractivity contribution in [3.8, 4) is 28.7 Å². The molecule has 0 saturated heterocycles. The first-order valence-corrected chi connectivity index (χ1v) is 8.50. The SMILES string of the molecule is c1ccc2c(c1)OCC(CNCCCOc1ccc3c(c1)OCO3)O2. The van der Waals surface area contributed by atoms with Crippen LogP contribution in [-0.4, -0.2) is 39.2 Å². The third-order valence-electron chi connectivity index (χ3n) is 4.05. The lowest BCUT2D eigenvalue weighted by atomic mass is 10.2. The third kappa shape index (κ3) is 3.91. The summed E-state index contributed by atoms with van der Waals surface area (Å²) in [6, 6.07) is 13.4. The zero-order valence-electron chi connectivity index (χ0n) is 13.9. The minimum atomic E-state index is 0.0321. The maximum atomic E-state index is 5.91. The molecule has 1 atom stereocenters. The van der Waals surface area contributed by atoms with E-state index in [1.165, 1.54) is 0 Å². The summed E-state index contributed by atoms with van der Waals surface area (Å²) in [6.45, 7) is 3.08. The Labute approximate surface area is 146 Å². The van der Waals surface area contributed by atoms with Gasteiger partial charge in [-0.3, -0.25) is 0 Å². The van der Waals surface area contributed by atoms with Crippen molar-refractivity contribution in [2.75, 3.05) is 33.1 Å². The van der Waals surface area contributed by atoms with Crippen molar-refractivity contribution in [1.82, 2.24) is 5.32 Å². The molecule has 0 saturated carbocycles. The number of nitrogens with one attached hydrogen (secondary N) is 1. The molecule has 4 rings (SSSR count). The van der Waals surface area contributed by atoms with Crippen LogP contribution in [0.25, 0.3) is 0 Å². The van der Waals surface area contributed by atoms with Crippen LogP contribution in [0.5, 0.6) is 28.7 Å². The number of rotatable bonds is 7. The smallest absolute Gasteiger partial charge is 0.231 e. The van der Waals surface area contributed by atoms with Crippen molar-refractivity contribution >= 4 is 0 Å². The predicted octanol–water partition coefficient (Wildman–Crippen LogP) is 2.61. The van der Waals surface area contributed by atoms with Gasteiger partial charge >= 0.3 is 0 Å². The van der Waals surface area contributed by atoms with Crippen molar-refractivity contribution in [3.63, 3.8) is 0 Å². The van der Waals surface area contributed by atoms with E-state index in [1.807, 2.05) is 42.5 Å². The molecule has 1 N–H and O–H groups in total. The maximum Gasteiger partial charge on any atom is 0.231 e. The number of ether oxygens (including phenoxy) is 5. The second-order valence-corrected chi connectivity index (χ2v) is 5.92. The fourth-order valence-corrected chi connectivity index (χ4v) is 2.78. The topological polar surface area (TPSA) is 58.2 Å². The van der Waals surface area contributed by atoms with E-state index in [2.05, 4.69) is 5.32 Å². The molecule has 6 nitrogen and oxygen atoms in total. The number of fused-ring (bicyclic) bond motifs is 2. The average Bonchev–Trinajstić information content (AvgIpc) is 3.12. The summed E-state index contributed by atoms with van der Waals surface area (Å²) < 4.78 is 28.0. The van der Waals surface area contributed by atoms with Gasteiger partial charge in [0.25, 0.3) is 0 Å². The quantitative estimate of drug-likeness (QED) is 0.780. The van der Waals surface area contributed by atoms with Crippen LogP contribution in [0.15, 0.2) is 42.5 Å². The highest BCUT2D eigenvalue weighted by atomic mass is 16.7. The Bertz CT molecular complexity index is 721. The summed E-state index contributed by atoms with van der Waals surface area (Å²) in [5, 5.41) is 3.38. The van der Waals surface area contributed by atoms with Gasteiger partial charge in [0.05, 0.1) is 6.61 Å². The van der Waals surface area contributed by atoms with Gasteiger partial charge in [0.15, 0.2) is 23.0 Å². The molecule has 0 radical (unpaired) electrons. The molecule has 2 heterocycles. The van der Waals surface area contributed by atoms with E-state index in [0.717, 1.165) is 48.3 Å². The molecule has 0 fully saturated rings. The molecule has 6 heteroatoms. The molecular formula is C19H21NO5. The first-order chi connectivity index (χ1) is 12.4. The van der Waals surface area contributed by atoms with Gasteiger partial charge in [-0.15, -0.1) is 0 Å². The Balaban J connectivity index is 1.13. The molecule has 0 aliphatic carbocycles. The van der Waals surface area contributed by atoms with Crippen LogP contribution in [0.2, 0.25) is 0 Å². The van der Waals surface area contributed by atoms with Gasteiger partial charge in [-0.2, -0.15) is 0 Å². The van der Waals surface area contributed by atoms with E-state index in [9.17, 15) is 0 Å². The van der Waals surface area contributed by atoms with E-state index in [1.54, 1.807) is 0 Å². The fourth-order valence-electron chi connectivity index (χ4n) is 2.78. The van der Waals surface area contributed by atoms with E-state index in [-0.39, 0.29) is 12.9 Å². The molecule has 0 aromatic heterocycles.